The van der Waals surface area contributed by atoms with Crippen LogP contribution in [-0.2, 0) is 19.1 Å². The molecule has 0 aromatic heterocycles. The fourth-order valence-corrected chi connectivity index (χ4v) is 3.77. The van der Waals surface area contributed by atoms with E-state index in [1.807, 2.05) is 0 Å². The normalized spacial score (nSPS) is 12.9. The number of imide groups is 1. The molecule has 0 unspecified atom stereocenters. The minimum absolute atomic E-state index is 0.0187. The zero-order chi connectivity index (χ0) is 27.4. The van der Waals surface area contributed by atoms with Crippen molar-refractivity contribution in [1.29, 1.82) is 0 Å². The highest BCUT2D eigenvalue weighted by Crippen LogP contribution is 2.32. The predicted octanol–water partition coefficient (Wildman–Crippen LogP) is 3.91. The molecule has 3 aromatic carbocycles. The van der Waals surface area contributed by atoms with Crippen LogP contribution in [0.5, 0.6) is 5.75 Å². The standard InChI is InChI=1S/C27H19ClN2O8/c1-36-25(33)15-9-13-18(14-10-15)38-26(34)16-7-11-17(12-8-16)29-22-21(28)23(31)30(24(22)32)20-6-4-3-5-19(20)27(35)37-2/h3-14,29H,1-2H3. The Morgan fingerprint density at radius 2 is 1.32 bits per heavy atom. The third-order valence-electron chi connectivity index (χ3n) is 5.45. The summed E-state index contributed by atoms with van der Waals surface area (Å²) >= 11 is 6.18. The minimum Gasteiger partial charge on any atom is -0.465 e. The maximum absolute atomic E-state index is 13.1. The summed E-state index contributed by atoms with van der Waals surface area (Å²) in [5.74, 6) is -3.24. The van der Waals surface area contributed by atoms with Crippen LogP contribution in [0, 0.1) is 0 Å². The van der Waals surface area contributed by atoms with Gasteiger partial charge in [-0.05, 0) is 60.7 Å². The van der Waals surface area contributed by atoms with Crippen LogP contribution >= 0.6 is 11.6 Å². The number of rotatable bonds is 7. The number of halogens is 1. The minimum atomic E-state index is -0.811. The number of hydrogen-bond donors (Lipinski definition) is 1. The van der Waals surface area contributed by atoms with Crippen LogP contribution in [0.3, 0.4) is 0 Å². The summed E-state index contributed by atoms with van der Waals surface area (Å²) < 4.78 is 14.7. The molecule has 4 rings (SSSR count). The number of hydrogen-bond acceptors (Lipinski definition) is 9. The van der Waals surface area contributed by atoms with Crippen LogP contribution in [0.1, 0.15) is 31.1 Å². The second-order valence-corrected chi connectivity index (χ2v) is 8.13. The van der Waals surface area contributed by atoms with E-state index in [2.05, 4.69) is 10.1 Å². The Kier molecular flexibility index (Phi) is 7.54. The van der Waals surface area contributed by atoms with Crippen molar-refractivity contribution >= 4 is 52.7 Å². The van der Waals surface area contributed by atoms with Gasteiger partial charge in [-0.1, -0.05) is 23.7 Å². The molecule has 0 radical (unpaired) electrons. The van der Waals surface area contributed by atoms with E-state index >= 15 is 0 Å². The van der Waals surface area contributed by atoms with Gasteiger partial charge in [0, 0.05) is 5.69 Å². The Morgan fingerprint density at radius 3 is 1.95 bits per heavy atom. The Balaban J connectivity index is 1.47. The van der Waals surface area contributed by atoms with Crippen molar-refractivity contribution in [3.05, 3.63) is 100 Å². The lowest BCUT2D eigenvalue weighted by molar-refractivity contribution is -0.120. The van der Waals surface area contributed by atoms with E-state index in [0.717, 1.165) is 4.90 Å². The van der Waals surface area contributed by atoms with Crippen molar-refractivity contribution in [2.75, 3.05) is 24.4 Å². The van der Waals surface area contributed by atoms with Crippen molar-refractivity contribution in [3.8, 4) is 5.75 Å². The molecule has 38 heavy (non-hydrogen) atoms. The monoisotopic (exact) mass is 534 g/mol. The lowest BCUT2D eigenvalue weighted by Gasteiger charge is -2.17. The molecule has 192 valence electrons. The lowest BCUT2D eigenvalue weighted by Crippen LogP contribution is -2.33. The molecular formula is C27H19ClN2O8. The largest absolute Gasteiger partial charge is 0.465 e. The van der Waals surface area contributed by atoms with Crippen molar-refractivity contribution in [2.24, 2.45) is 0 Å². The molecule has 2 amide bonds. The molecule has 1 aliphatic heterocycles. The van der Waals surface area contributed by atoms with Crippen molar-refractivity contribution < 1.29 is 38.2 Å². The summed E-state index contributed by atoms with van der Waals surface area (Å²) in [5.41, 5.74) is 0.726. The molecule has 10 nitrogen and oxygen atoms in total. The van der Waals surface area contributed by atoms with E-state index in [9.17, 15) is 24.0 Å². The van der Waals surface area contributed by atoms with Crippen molar-refractivity contribution in [1.82, 2.24) is 0 Å². The highest BCUT2D eigenvalue weighted by atomic mass is 35.5. The van der Waals surface area contributed by atoms with Gasteiger partial charge in [0.05, 0.1) is 36.6 Å². The van der Waals surface area contributed by atoms with Gasteiger partial charge >= 0.3 is 17.9 Å². The first-order chi connectivity index (χ1) is 18.2. The second-order valence-electron chi connectivity index (χ2n) is 7.75. The number of anilines is 2. The fraction of sp³-hybridized carbons (Fsp3) is 0.0741. The number of nitrogens with zero attached hydrogens (tertiary/aromatic N) is 1. The number of nitrogens with one attached hydrogen (secondary N) is 1. The van der Waals surface area contributed by atoms with Gasteiger partial charge in [-0.2, -0.15) is 0 Å². The summed E-state index contributed by atoms with van der Waals surface area (Å²) in [4.78, 5) is 62.8. The molecule has 0 aliphatic carbocycles. The van der Waals surface area contributed by atoms with E-state index in [1.165, 1.54) is 74.9 Å². The van der Waals surface area contributed by atoms with Gasteiger partial charge in [0.2, 0.25) is 0 Å². The molecule has 1 heterocycles. The summed E-state index contributed by atoms with van der Waals surface area (Å²) in [6, 6.07) is 17.7. The highest BCUT2D eigenvalue weighted by Gasteiger charge is 2.40. The van der Waals surface area contributed by atoms with Gasteiger partial charge in [0.15, 0.2) is 0 Å². The van der Waals surface area contributed by atoms with Gasteiger partial charge < -0.3 is 19.5 Å². The van der Waals surface area contributed by atoms with E-state index in [1.54, 1.807) is 12.1 Å². The number of carbonyl (C=O) groups is 5. The Labute approximate surface area is 221 Å². The lowest BCUT2D eigenvalue weighted by atomic mass is 10.1. The number of ether oxygens (including phenoxy) is 3. The molecule has 11 heteroatoms. The van der Waals surface area contributed by atoms with Gasteiger partial charge in [-0.15, -0.1) is 0 Å². The van der Waals surface area contributed by atoms with Gasteiger partial charge in [0.1, 0.15) is 16.5 Å². The summed E-state index contributed by atoms with van der Waals surface area (Å²) in [6.45, 7) is 0. The molecule has 0 atom stereocenters. The molecule has 0 spiro atoms. The fourth-order valence-electron chi connectivity index (χ4n) is 3.56. The summed E-state index contributed by atoms with van der Waals surface area (Å²) in [6.07, 6.45) is 0. The topological polar surface area (TPSA) is 128 Å². The molecule has 0 saturated heterocycles. The van der Waals surface area contributed by atoms with Crippen LogP contribution in [0.25, 0.3) is 0 Å². The van der Waals surface area contributed by atoms with Gasteiger partial charge in [0.25, 0.3) is 11.8 Å². The molecule has 0 fully saturated rings. The van der Waals surface area contributed by atoms with Gasteiger partial charge in [-0.3, -0.25) is 9.59 Å². The number of benzene rings is 3. The average molecular weight is 535 g/mol. The number of para-hydroxylation sites is 1. The van der Waals surface area contributed by atoms with E-state index in [0.29, 0.717) is 11.3 Å². The van der Waals surface area contributed by atoms with E-state index in [-0.39, 0.29) is 33.3 Å². The predicted molar refractivity (Wildman–Crippen MR) is 136 cm³/mol. The van der Waals surface area contributed by atoms with E-state index in [4.69, 9.17) is 21.1 Å². The van der Waals surface area contributed by atoms with Crippen LogP contribution in [0.2, 0.25) is 0 Å². The van der Waals surface area contributed by atoms with Crippen LogP contribution in [0.4, 0.5) is 11.4 Å². The number of amides is 2. The maximum atomic E-state index is 13.1. The zero-order valence-electron chi connectivity index (χ0n) is 20.0. The zero-order valence-corrected chi connectivity index (χ0v) is 20.8. The summed E-state index contributed by atoms with van der Waals surface area (Å²) in [7, 11) is 2.45. The third kappa shape index (κ3) is 5.11. The molecule has 0 bridgehead atoms. The second kappa shape index (κ2) is 11.0. The van der Waals surface area contributed by atoms with E-state index < -0.39 is 29.7 Å². The first kappa shape index (κ1) is 26.1. The van der Waals surface area contributed by atoms with Crippen molar-refractivity contribution in [3.63, 3.8) is 0 Å². The van der Waals surface area contributed by atoms with Crippen LogP contribution in [-0.4, -0.2) is 43.9 Å². The third-order valence-corrected chi connectivity index (χ3v) is 5.80. The quantitative estimate of drug-likeness (QED) is 0.272. The Morgan fingerprint density at radius 1 is 0.737 bits per heavy atom. The SMILES string of the molecule is COC(=O)c1ccc(OC(=O)c2ccc(NC3=C(Cl)C(=O)N(c4ccccc4C(=O)OC)C3=O)cc2)cc1. The molecule has 3 aromatic rings. The number of esters is 3. The average Bonchev–Trinajstić information content (AvgIpc) is 3.15. The highest BCUT2D eigenvalue weighted by molar-refractivity contribution is 6.53. The molecule has 0 saturated carbocycles. The van der Waals surface area contributed by atoms with Crippen molar-refractivity contribution in [2.45, 2.75) is 0 Å². The number of methoxy groups -OCH3 is 2. The van der Waals surface area contributed by atoms with Crippen LogP contribution < -0.4 is 15.0 Å². The summed E-state index contributed by atoms with van der Waals surface area (Å²) in [5, 5.41) is 2.43. The molecular weight excluding hydrogens is 516 g/mol. The first-order valence-corrected chi connectivity index (χ1v) is 11.4. The maximum Gasteiger partial charge on any atom is 0.343 e. The first-order valence-electron chi connectivity index (χ1n) is 11.0. The molecule has 1 N–H and O–H groups in total. The molecule has 1 aliphatic rings. The van der Waals surface area contributed by atoms with Crippen LogP contribution in [0.15, 0.2) is 83.5 Å². The number of carbonyl (C=O) groups excluding carboxylic acids is 5. The smallest absolute Gasteiger partial charge is 0.343 e. The van der Waals surface area contributed by atoms with Gasteiger partial charge in [-0.25, -0.2) is 19.3 Å². The Hall–Kier alpha value is -4.96. The Bertz CT molecular complexity index is 1480.